The normalized spacial score (nSPS) is 17.0. The van der Waals surface area contributed by atoms with E-state index in [1.807, 2.05) is 4.90 Å². The first-order valence-electron chi connectivity index (χ1n) is 7.76. The molecule has 3 aromatic rings. The zero-order chi connectivity index (χ0) is 18.1. The standard InChI is InChI=1S/C15H13BrFN5O3S/c16-10-2-1-8(17)5-11(10)24-9-3-4-22(6-9)15-20-19-14(26-15)13-18-12(7-23)25-21-13/h1-2,5,9,23H,3-4,6-7H2/t9-/m0/s1. The summed E-state index contributed by atoms with van der Waals surface area (Å²) in [6.45, 7) is 1.05. The molecule has 0 amide bonds. The Morgan fingerprint density at radius 3 is 3.12 bits per heavy atom. The first-order chi connectivity index (χ1) is 12.6. The maximum absolute atomic E-state index is 13.4. The molecule has 1 aliphatic heterocycles. The predicted molar refractivity (Wildman–Crippen MR) is 94.5 cm³/mol. The molecule has 0 spiro atoms. The van der Waals surface area contributed by atoms with Gasteiger partial charge < -0.3 is 19.3 Å². The molecule has 0 aliphatic carbocycles. The third-order valence-electron chi connectivity index (χ3n) is 3.81. The smallest absolute Gasteiger partial charge is 0.252 e. The average Bonchev–Trinajstić information content (AvgIpc) is 3.37. The summed E-state index contributed by atoms with van der Waals surface area (Å²) in [5.74, 6) is 0.577. The lowest BCUT2D eigenvalue weighted by atomic mass is 10.3. The van der Waals surface area contributed by atoms with E-state index in [1.54, 1.807) is 6.07 Å². The van der Waals surface area contributed by atoms with E-state index in [0.29, 0.717) is 27.6 Å². The Morgan fingerprint density at radius 1 is 1.42 bits per heavy atom. The second-order valence-electron chi connectivity index (χ2n) is 5.61. The lowest BCUT2D eigenvalue weighted by molar-refractivity contribution is 0.222. The van der Waals surface area contributed by atoms with Gasteiger partial charge in [0, 0.05) is 19.0 Å². The SMILES string of the molecule is OCc1nc(-c2nnc(N3CC[C@H](Oc4cc(F)ccc4Br)C3)s2)no1. The highest BCUT2D eigenvalue weighted by atomic mass is 79.9. The van der Waals surface area contributed by atoms with E-state index < -0.39 is 0 Å². The first-order valence-corrected chi connectivity index (χ1v) is 9.37. The molecule has 1 N–H and O–H groups in total. The maximum Gasteiger partial charge on any atom is 0.252 e. The summed E-state index contributed by atoms with van der Waals surface area (Å²) < 4.78 is 24.9. The predicted octanol–water partition coefficient (Wildman–Crippen LogP) is 2.64. The van der Waals surface area contributed by atoms with Crippen LogP contribution in [0, 0.1) is 5.82 Å². The number of halogens is 2. The van der Waals surface area contributed by atoms with Gasteiger partial charge in [0.1, 0.15) is 24.3 Å². The number of anilines is 1. The number of aliphatic hydroxyl groups excluding tert-OH is 1. The summed E-state index contributed by atoms with van der Waals surface area (Å²) >= 11 is 4.70. The van der Waals surface area contributed by atoms with Crippen molar-refractivity contribution in [2.24, 2.45) is 0 Å². The summed E-state index contributed by atoms with van der Waals surface area (Å²) in [6.07, 6.45) is 0.709. The van der Waals surface area contributed by atoms with Crippen LogP contribution >= 0.6 is 27.3 Å². The molecule has 1 aliphatic rings. The van der Waals surface area contributed by atoms with E-state index in [0.717, 1.165) is 18.1 Å². The van der Waals surface area contributed by atoms with E-state index in [-0.39, 0.29) is 24.4 Å². The van der Waals surface area contributed by atoms with Crippen molar-refractivity contribution in [1.29, 1.82) is 0 Å². The molecule has 2 aromatic heterocycles. The van der Waals surface area contributed by atoms with Gasteiger partial charge in [0.15, 0.2) is 5.01 Å². The van der Waals surface area contributed by atoms with Crippen molar-refractivity contribution in [2.45, 2.75) is 19.1 Å². The minimum atomic E-state index is -0.339. The van der Waals surface area contributed by atoms with Crippen LogP contribution in [0.1, 0.15) is 12.3 Å². The second kappa shape index (κ2) is 7.25. The molecule has 4 rings (SSSR count). The van der Waals surface area contributed by atoms with Crippen molar-refractivity contribution in [3.63, 3.8) is 0 Å². The van der Waals surface area contributed by atoms with Crippen LogP contribution in [0.5, 0.6) is 5.75 Å². The number of aromatic nitrogens is 4. The summed E-state index contributed by atoms with van der Waals surface area (Å²) in [5, 5.41) is 22.2. The second-order valence-corrected chi connectivity index (χ2v) is 7.42. The van der Waals surface area contributed by atoms with Gasteiger partial charge in [-0.3, -0.25) is 0 Å². The minimum absolute atomic E-state index is 0.0772. The highest BCUT2D eigenvalue weighted by Crippen LogP contribution is 2.32. The molecule has 0 unspecified atom stereocenters. The van der Waals surface area contributed by atoms with Gasteiger partial charge in [-0.15, -0.1) is 10.2 Å². The van der Waals surface area contributed by atoms with E-state index in [1.165, 1.54) is 23.5 Å². The highest BCUT2D eigenvalue weighted by molar-refractivity contribution is 9.10. The fraction of sp³-hybridized carbons (Fsp3) is 0.333. The Morgan fingerprint density at radius 2 is 2.31 bits per heavy atom. The number of rotatable bonds is 5. The van der Waals surface area contributed by atoms with E-state index >= 15 is 0 Å². The number of nitrogens with zero attached hydrogens (tertiary/aromatic N) is 5. The summed E-state index contributed by atoms with van der Waals surface area (Å²) in [4.78, 5) is 6.07. The molecule has 11 heteroatoms. The van der Waals surface area contributed by atoms with Crippen LogP contribution in [-0.2, 0) is 6.61 Å². The third kappa shape index (κ3) is 3.55. The summed E-state index contributed by atoms with van der Waals surface area (Å²) in [6, 6.07) is 4.37. The van der Waals surface area contributed by atoms with Crippen LogP contribution in [-0.4, -0.2) is 44.6 Å². The highest BCUT2D eigenvalue weighted by Gasteiger charge is 2.28. The minimum Gasteiger partial charge on any atom is -0.487 e. The van der Waals surface area contributed by atoms with Crippen LogP contribution in [0.25, 0.3) is 10.8 Å². The van der Waals surface area contributed by atoms with Crippen molar-refractivity contribution in [2.75, 3.05) is 18.0 Å². The van der Waals surface area contributed by atoms with Crippen molar-refractivity contribution in [1.82, 2.24) is 20.3 Å². The molecule has 1 saturated heterocycles. The van der Waals surface area contributed by atoms with E-state index in [4.69, 9.17) is 14.4 Å². The molecule has 1 atom stereocenters. The number of hydrogen-bond acceptors (Lipinski definition) is 9. The third-order valence-corrected chi connectivity index (χ3v) is 5.45. The monoisotopic (exact) mass is 441 g/mol. The number of hydrogen-bond donors (Lipinski definition) is 1. The molecule has 26 heavy (non-hydrogen) atoms. The first kappa shape index (κ1) is 17.3. The summed E-state index contributed by atoms with van der Waals surface area (Å²) in [5.41, 5.74) is 0. The van der Waals surface area contributed by atoms with Gasteiger partial charge in [-0.2, -0.15) is 4.98 Å². The average molecular weight is 442 g/mol. The van der Waals surface area contributed by atoms with Gasteiger partial charge >= 0.3 is 0 Å². The zero-order valence-electron chi connectivity index (χ0n) is 13.3. The topological polar surface area (TPSA) is 97.4 Å². The molecule has 8 nitrogen and oxygen atoms in total. The molecule has 136 valence electrons. The molecule has 0 radical (unpaired) electrons. The van der Waals surface area contributed by atoms with Gasteiger partial charge in [-0.25, -0.2) is 4.39 Å². The van der Waals surface area contributed by atoms with Gasteiger partial charge in [0.2, 0.25) is 11.0 Å². The van der Waals surface area contributed by atoms with Gasteiger partial charge in [0.25, 0.3) is 5.89 Å². The van der Waals surface area contributed by atoms with Crippen molar-refractivity contribution >= 4 is 32.4 Å². The Balaban J connectivity index is 1.43. The Bertz CT molecular complexity index is 920. The fourth-order valence-corrected chi connectivity index (χ4v) is 3.73. The van der Waals surface area contributed by atoms with Crippen molar-refractivity contribution in [3.8, 4) is 16.6 Å². The number of ether oxygens (including phenoxy) is 1. The quantitative estimate of drug-likeness (QED) is 0.644. The van der Waals surface area contributed by atoms with E-state index in [2.05, 4.69) is 36.3 Å². The Labute approximate surface area is 159 Å². The lowest BCUT2D eigenvalue weighted by Gasteiger charge is -2.16. The van der Waals surface area contributed by atoms with Crippen molar-refractivity contribution in [3.05, 3.63) is 34.4 Å². The summed E-state index contributed by atoms with van der Waals surface area (Å²) in [7, 11) is 0. The molecule has 3 heterocycles. The zero-order valence-corrected chi connectivity index (χ0v) is 15.7. The van der Waals surface area contributed by atoms with Gasteiger partial charge in [-0.1, -0.05) is 16.5 Å². The number of benzene rings is 1. The van der Waals surface area contributed by atoms with Crippen LogP contribution < -0.4 is 9.64 Å². The largest absolute Gasteiger partial charge is 0.487 e. The van der Waals surface area contributed by atoms with E-state index in [9.17, 15) is 4.39 Å². The number of aliphatic hydroxyl groups is 1. The van der Waals surface area contributed by atoms with Gasteiger partial charge in [0.05, 0.1) is 11.0 Å². The van der Waals surface area contributed by atoms with Crippen LogP contribution in [0.2, 0.25) is 0 Å². The molecule has 1 aromatic carbocycles. The molecular weight excluding hydrogens is 429 g/mol. The van der Waals surface area contributed by atoms with Crippen LogP contribution in [0.4, 0.5) is 9.52 Å². The molecular formula is C15H13BrFN5O3S. The molecule has 1 fully saturated rings. The van der Waals surface area contributed by atoms with Crippen LogP contribution in [0.15, 0.2) is 27.2 Å². The maximum atomic E-state index is 13.4. The van der Waals surface area contributed by atoms with Gasteiger partial charge in [-0.05, 0) is 28.1 Å². The Kier molecular flexibility index (Phi) is 4.83. The van der Waals surface area contributed by atoms with Crippen molar-refractivity contribution < 1.29 is 18.8 Å². The van der Waals surface area contributed by atoms with Crippen LogP contribution in [0.3, 0.4) is 0 Å². The Hall–Kier alpha value is -2.11. The fourth-order valence-electron chi connectivity index (χ4n) is 2.58. The lowest BCUT2D eigenvalue weighted by Crippen LogP contribution is -2.24. The molecule has 0 saturated carbocycles. The molecule has 0 bridgehead atoms.